The third-order valence-electron chi connectivity index (χ3n) is 1.18. The van der Waals surface area contributed by atoms with E-state index in [1.807, 2.05) is 6.92 Å². The van der Waals surface area contributed by atoms with Gasteiger partial charge in [0.1, 0.15) is 0 Å². The van der Waals surface area contributed by atoms with Gasteiger partial charge in [-0.3, -0.25) is 5.10 Å². The van der Waals surface area contributed by atoms with Crippen molar-refractivity contribution in [1.29, 1.82) is 0 Å². The molecule has 3 N–H and O–H groups in total. The number of rotatable bonds is 1. The molecule has 0 saturated heterocycles. The molecule has 0 amide bonds. The van der Waals surface area contributed by atoms with Crippen LogP contribution in [0.4, 0.5) is 0 Å². The van der Waals surface area contributed by atoms with Gasteiger partial charge < -0.3 is 5.73 Å². The Balaban J connectivity index is 3.04. The second-order valence-corrected chi connectivity index (χ2v) is 2.30. The summed E-state index contributed by atoms with van der Waals surface area (Å²) in [6, 6.07) is 0. The van der Waals surface area contributed by atoms with Crippen molar-refractivity contribution < 1.29 is 0 Å². The molecule has 1 aromatic heterocycles. The van der Waals surface area contributed by atoms with Crippen molar-refractivity contribution in [2.75, 3.05) is 0 Å². The van der Waals surface area contributed by atoms with E-state index in [-0.39, 0.29) is 0 Å². The van der Waals surface area contributed by atoms with Gasteiger partial charge in [0.05, 0.1) is 5.69 Å². The Labute approximate surface area is 59.1 Å². The molecule has 0 atom stereocenters. The Morgan fingerprint density at radius 2 is 2.44 bits per heavy atom. The summed E-state index contributed by atoms with van der Waals surface area (Å²) in [5.41, 5.74) is 7.13. The highest BCUT2D eigenvalue weighted by atomic mass is 32.1. The third kappa shape index (κ3) is 1.09. The first-order valence-electron chi connectivity index (χ1n) is 2.68. The molecular formula is C5H9N3S. The van der Waals surface area contributed by atoms with Crippen molar-refractivity contribution in [3.63, 3.8) is 0 Å². The molecule has 3 nitrogen and oxygen atoms in total. The van der Waals surface area contributed by atoms with Crippen LogP contribution in [0.3, 0.4) is 0 Å². The fourth-order valence-corrected chi connectivity index (χ4v) is 0.807. The van der Waals surface area contributed by atoms with Gasteiger partial charge in [-0.15, -0.1) is 12.6 Å². The predicted molar refractivity (Wildman–Crippen MR) is 38.5 cm³/mol. The third-order valence-corrected chi connectivity index (χ3v) is 1.77. The van der Waals surface area contributed by atoms with Gasteiger partial charge in [0.2, 0.25) is 0 Å². The minimum absolute atomic E-state index is 0.448. The number of nitrogens with one attached hydrogen (secondary N) is 1. The molecule has 0 aliphatic rings. The van der Waals surface area contributed by atoms with Gasteiger partial charge >= 0.3 is 0 Å². The van der Waals surface area contributed by atoms with Gasteiger partial charge in [-0.2, -0.15) is 5.10 Å². The lowest BCUT2D eigenvalue weighted by Crippen LogP contribution is -1.96. The van der Waals surface area contributed by atoms with Crippen LogP contribution in [-0.4, -0.2) is 10.2 Å². The van der Waals surface area contributed by atoms with E-state index in [4.69, 9.17) is 5.73 Å². The molecule has 0 aliphatic heterocycles. The van der Waals surface area contributed by atoms with Crippen LogP contribution in [0, 0.1) is 6.92 Å². The maximum atomic E-state index is 5.33. The summed E-state index contributed by atoms with van der Waals surface area (Å²) in [6.07, 6.45) is 0. The minimum Gasteiger partial charge on any atom is -0.325 e. The minimum atomic E-state index is 0.448. The Kier molecular flexibility index (Phi) is 1.78. The quantitative estimate of drug-likeness (QED) is 0.500. The average molecular weight is 143 g/mol. The van der Waals surface area contributed by atoms with E-state index in [1.165, 1.54) is 0 Å². The van der Waals surface area contributed by atoms with Crippen LogP contribution in [0.1, 0.15) is 11.4 Å². The van der Waals surface area contributed by atoms with E-state index in [9.17, 15) is 0 Å². The number of H-pyrrole nitrogens is 1. The van der Waals surface area contributed by atoms with Gasteiger partial charge in [-0.25, -0.2) is 0 Å². The highest BCUT2D eigenvalue weighted by Gasteiger charge is 2.01. The number of nitrogens with zero attached hydrogens (tertiary/aromatic N) is 1. The van der Waals surface area contributed by atoms with Gasteiger partial charge in [0.25, 0.3) is 0 Å². The van der Waals surface area contributed by atoms with Crippen molar-refractivity contribution in [2.24, 2.45) is 5.73 Å². The number of hydrogen-bond acceptors (Lipinski definition) is 3. The smallest absolute Gasteiger partial charge is 0.0893 e. The number of aromatic nitrogens is 2. The lowest BCUT2D eigenvalue weighted by molar-refractivity contribution is 0.929. The number of thiol groups is 1. The summed E-state index contributed by atoms with van der Waals surface area (Å²) in [6.45, 7) is 2.36. The van der Waals surface area contributed by atoms with Crippen LogP contribution in [0.15, 0.2) is 4.90 Å². The van der Waals surface area contributed by atoms with E-state index in [1.54, 1.807) is 0 Å². The largest absolute Gasteiger partial charge is 0.325 e. The lowest BCUT2D eigenvalue weighted by Gasteiger charge is -1.87. The van der Waals surface area contributed by atoms with Crippen LogP contribution in [0.5, 0.6) is 0 Å². The monoisotopic (exact) mass is 143 g/mol. The Morgan fingerprint density at radius 3 is 2.67 bits per heavy atom. The first-order valence-corrected chi connectivity index (χ1v) is 3.13. The zero-order chi connectivity index (χ0) is 6.85. The molecule has 50 valence electrons. The number of nitrogens with two attached hydrogens (primary N) is 1. The second-order valence-electron chi connectivity index (χ2n) is 1.85. The number of aryl methyl sites for hydroxylation is 1. The normalized spacial score (nSPS) is 10.1. The Hall–Kier alpha value is -0.480. The van der Waals surface area contributed by atoms with E-state index < -0.39 is 0 Å². The van der Waals surface area contributed by atoms with Gasteiger partial charge in [-0.05, 0) is 6.92 Å². The molecule has 0 spiro atoms. The van der Waals surface area contributed by atoms with Crippen LogP contribution in [0.25, 0.3) is 0 Å². The van der Waals surface area contributed by atoms with Crippen molar-refractivity contribution in [3.05, 3.63) is 11.4 Å². The second kappa shape index (κ2) is 2.41. The summed E-state index contributed by atoms with van der Waals surface area (Å²) in [5.74, 6) is 0. The topological polar surface area (TPSA) is 54.7 Å². The zero-order valence-electron chi connectivity index (χ0n) is 5.18. The molecule has 0 radical (unpaired) electrons. The van der Waals surface area contributed by atoms with Crippen molar-refractivity contribution in [1.82, 2.24) is 10.2 Å². The molecule has 1 aromatic rings. The number of hydrogen-bond donors (Lipinski definition) is 3. The van der Waals surface area contributed by atoms with Gasteiger partial charge in [0, 0.05) is 17.1 Å². The SMILES string of the molecule is Cc1[nH]nc(CN)c1S. The van der Waals surface area contributed by atoms with E-state index in [2.05, 4.69) is 22.8 Å². The molecule has 9 heavy (non-hydrogen) atoms. The first kappa shape index (κ1) is 6.64. The molecule has 0 saturated carbocycles. The lowest BCUT2D eigenvalue weighted by atomic mass is 10.4. The summed E-state index contributed by atoms with van der Waals surface area (Å²) >= 11 is 4.17. The zero-order valence-corrected chi connectivity index (χ0v) is 6.07. The summed E-state index contributed by atoms with van der Waals surface area (Å²) in [4.78, 5) is 0.873. The molecular weight excluding hydrogens is 134 g/mol. The van der Waals surface area contributed by atoms with Crippen LogP contribution in [-0.2, 0) is 6.54 Å². The Bertz CT molecular complexity index is 206. The number of aromatic amines is 1. The van der Waals surface area contributed by atoms with Crippen molar-refractivity contribution >= 4 is 12.6 Å². The van der Waals surface area contributed by atoms with Gasteiger partial charge in [0.15, 0.2) is 0 Å². The Morgan fingerprint density at radius 1 is 1.78 bits per heavy atom. The summed E-state index contributed by atoms with van der Waals surface area (Å²) < 4.78 is 0. The van der Waals surface area contributed by atoms with Crippen LogP contribution < -0.4 is 5.73 Å². The van der Waals surface area contributed by atoms with Gasteiger partial charge in [-0.1, -0.05) is 0 Å². The van der Waals surface area contributed by atoms with E-state index >= 15 is 0 Å². The van der Waals surface area contributed by atoms with E-state index in [0.29, 0.717) is 6.54 Å². The van der Waals surface area contributed by atoms with E-state index in [0.717, 1.165) is 16.3 Å². The summed E-state index contributed by atoms with van der Waals surface area (Å²) in [7, 11) is 0. The summed E-state index contributed by atoms with van der Waals surface area (Å²) in [5, 5.41) is 6.69. The molecule has 0 fully saturated rings. The molecule has 0 bridgehead atoms. The molecule has 0 unspecified atom stereocenters. The predicted octanol–water partition coefficient (Wildman–Crippen LogP) is 0.466. The van der Waals surface area contributed by atoms with Crippen LogP contribution >= 0.6 is 12.6 Å². The first-order chi connectivity index (χ1) is 4.25. The maximum Gasteiger partial charge on any atom is 0.0893 e. The highest BCUT2D eigenvalue weighted by Crippen LogP contribution is 2.13. The van der Waals surface area contributed by atoms with Crippen molar-refractivity contribution in [3.8, 4) is 0 Å². The van der Waals surface area contributed by atoms with Crippen LogP contribution in [0.2, 0.25) is 0 Å². The fraction of sp³-hybridized carbons (Fsp3) is 0.400. The molecule has 0 aliphatic carbocycles. The molecule has 1 heterocycles. The maximum absolute atomic E-state index is 5.33. The fourth-order valence-electron chi connectivity index (χ4n) is 0.616. The van der Waals surface area contributed by atoms with Crippen molar-refractivity contribution in [2.45, 2.75) is 18.4 Å². The molecule has 4 heteroatoms. The molecule has 0 aromatic carbocycles. The highest BCUT2D eigenvalue weighted by molar-refractivity contribution is 7.80. The molecule has 1 rings (SSSR count). The average Bonchev–Trinajstić information content (AvgIpc) is 2.15. The standard InChI is InChI=1S/C5H9N3S/c1-3-5(9)4(2-6)8-7-3/h9H,2,6H2,1H3,(H,7,8).